The van der Waals surface area contributed by atoms with E-state index >= 15 is 0 Å². The number of para-hydroxylation sites is 1. The fourth-order valence-electron chi connectivity index (χ4n) is 4.83. The predicted octanol–water partition coefficient (Wildman–Crippen LogP) is 1.18. The van der Waals surface area contributed by atoms with E-state index in [9.17, 15) is 19.5 Å². The Kier molecular flexibility index (Phi) is 8.60. The maximum Gasteiger partial charge on any atom is 0.328 e. The number of benzene rings is 2. The van der Waals surface area contributed by atoms with Crippen LogP contribution in [0.2, 0.25) is 0 Å². The summed E-state index contributed by atoms with van der Waals surface area (Å²) in [6.45, 7) is 6.67. The van der Waals surface area contributed by atoms with Gasteiger partial charge in [0.1, 0.15) is 0 Å². The van der Waals surface area contributed by atoms with Crippen LogP contribution in [0.1, 0.15) is 43.7 Å². The summed E-state index contributed by atoms with van der Waals surface area (Å²) in [7, 11) is 0. The number of carbonyl (C=O) groups excluding carboxylic acids is 2. The molecule has 34 heavy (non-hydrogen) atoms. The standard InChI is InChI=1S/C23H28N2O.C4H4O4/c1-23(19-11-4-2-5-12-19)20-13-6-7-14-21(20)25(22(23)26)18-10-17-24-15-8-3-9-16-24;5-3(6)1-2-4(7)8/h2,4-7,11-14H,3,8-10,15-18H2,1H3;1-2H,(H,5,6)(H,7,8)/b;2-1-. The maximum atomic E-state index is 13.5. The molecule has 7 heteroatoms. The van der Waals surface area contributed by atoms with Crippen molar-refractivity contribution in [1.82, 2.24) is 0 Å². The van der Waals surface area contributed by atoms with E-state index in [-0.39, 0.29) is 5.91 Å². The lowest BCUT2D eigenvalue weighted by Crippen LogP contribution is -3.12. The topological polar surface area (TPSA) is 102 Å². The van der Waals surface area contributed by atoms with Crippen LogP contribution in [-0.2, 0) is 19.8 Å². The van der Waals surface area contributed by atoms with Gasteiger partial charge in [0.15, 0.2) is 0 Å². The van der Waals surface area contributed by atoms with E-state index in [4.69, 9.17) is 5.11 Å². The Morgan fingerprint density at radius 2 is 1.68 bits per heavy atom. The van der Waals surface area contributed by atoms with Crippen molar-refractivity contribution in [3.63, 3.8) is 0 Å². The molecule has 1 fully saturated rings. The van der Waals surface area contributed by atoms with E-state index in [1.807, 2.05) is 29.2 Å². The Morgan fingerprint density at radius 3 is 2.29 bits per heavy atom. The third-order valence-corrected chi connectivity index (χ3v) is 6.59. The van der Waals surface area contributed by atoms with Gasteiger partial charge in [-0.05, 0) is 49.5 Å². The molecule has 0 bridgehead atoms. The molecule has 2 aliphatic heterocycles. The van der Waals surface area contributed by atoms with E-state index in [1.54, 1.807) is 4.90 Å². The first kappa shape index (κ1) is 25.2. The quantitative estimate of drug-likeness (QED) is 0.599. The maximum absolute atomic E-state index is 13.5. The zero-order chi connectivity index (χ0) is 24.6. The Balaban J connectivity index is 0.000000350. The van der Waals surface area contributed by atoms with Crippen molar-refractivity contribution in [1.29, 1.82) is 0 Å². The van der Waals surface area contributed by atoms with Crippen molar-refractivity contribution >= 4 is 23.5 Å². The third kappa shape index (κ3) is 5.91. The molecule has 2 aliphatic rings. The number of carbonyl (C=O) groups is 3. The van der Waals surface area contributed by atoms with Gasteiger partial charge in [0.2, 0.25) is 5.91 Å². The molecule has 0 aromatic heterocycles. The summed E-state index contributed by atoms with van der Waals surface area (Å²) in [5.74, 6) is -2.58. The Morgan fingerprint density at radius 1 is 1.03 bits per heavy atom. The number of fused-ring (bicyclic) bond motifs is 1. The minimum Gasteiger partial charge on any atom is -0.545 e. The minimum atomic E-state index is -1.51. The number of amides is 1. The van der Waals surface area contributed by atoms with Gasteiger partial charge in [-0.1, -0.05) is 48.5 Å². The summed E-state index contributed by atoms with van der Waals surface area (Å²) in [5, 5.41) is 17.2. The van der Waals surface area contributed by atoms with E-state index in [0.29, 0.717) is 12.2 Å². The number of anilines is 1. The average molecular weight is 465 g/mol. The molecule has 0 radical (unpaired) electrons. The molecule has 7 nitrogen and oxygen atoms in total. The SMILES string of the molecule is CC1(c2ccccc2)C(=O)N(CCC[NH+]2CCCCC2)c2ccccc21.O=C([O-])/C=C\C(=O)O. The van der Waals surface area contributed by atoms with Crippen LogP contribution in [0.15, 0.2) is 66.7 Å². The smallest absolute Gasteiger partial charge is 0.328 e. The second-order valence-electron chi connectivity index (χ2n) is 8.87. The van der Waals surface area contributed by atoms with Crippen LogP contribution in [0.5, 0.6) is 0 Å². The fraction of sp³-hybridized carbons (Fsp3) is 0.370. The molecule has 2 aromatic rings. The first-order valence-corrected chi connectivity index (χ1v) is 11.8. The van der Waals surface area contributed by atoms with E-state index in [2.05, 4.69) is 37.3 Å². The summed E-state index contributed by atoms with van der Waals surface area (Å²) in [4.78, 5) is 36.2. The summed E-state index contributed by atoms with van der Waals surface area (Å²) in [5.41, 5.74) is 2.75. The second-order valence-corrected chi connectivity index (χ2v) is 8.87. The molecule has 0 aliphatic carbocycles. The summed E-state index contributed by atoms with van der Waals surface area (Å²) in [6, 6.07) is 18.5. The molecular formula is C27H32N2O5. The van der Waals surface area contributed by atoms with Gasteiger partial charge in [0.25, 0.3) is 0 Å². The lowest BCUT2D eigenvalue weighted by atomic mass is 9.77. The first-order valence-electron chi connectivity index (χ1n) is 11.8. The first-order chi connectivity index (χ1) is 16.3. The summed E-state index contributed by atoms with van der Waals surface area (Å²) >= 11 is 0. The highest BCUT2D eigenvalue weighted by Gasteiger charge is 2.48. The van der Waals surface area contributed by atoms with E-state index in [0.717, 1.165) is 29.8 Å². The van der Waals surface area contributed by atoms with Gasteiger partial charge < -0.3 is 24.8 Å². The van der Waals surface area contributed by atoms with E-state index < -0.39 is 17.4 Å². The van der Waals surface area contributed by atoms with E-state index in [1.165, 1.54) is 38.9 Å². The van der Waals surface area contributed by atoms with Crippen molar-refractivity contribution in [2.45, 2.75) is 38.0 Å². The predicted molar refractivity (Wildman–Crippen MR) is 128 cm³/mol. The number of likely N-dealkylation sites (tertiary alicyclic amines) is 1. The van der Waals surface area contributed by atoms with Crippen LogP contribution >= 0.6 is 0 Å². The van der Waals surface area contributed by atoms with Gasteiger partial charge in [-0.3, -0.25) is 4.79 Å². The zero-order valence-electron chi connectivity index (χ0n) is 19.5. The normalized spacial score (nSPS) is 20.0. The zero-order valence-corrected chi connectivity index (χ0v) is 19.5. The number of carboxylic acids is 2. The summed E-state index contributed by atoms with van der Waals surface area (Å²) in [6.07, 6.45) is 6.11. The van der Waals surface area contributed by atoms with Gasteiger partial charge in [0.05, 0.1) is 31.0 Å². The molecule has 180 valence electrons. The fourth-order valence-corrected chi connectivity index (χ4v) is 4.83. The molecule has 1 unspecified atom stereocenters. The highest BCUT2D eigenvalue weighted by atomic mass is 16.4. The summed E-state index contributed by atoms with van der Waals surface area (Å²) < 4.78 is 0. The van der Waals surface area contributed by atoms with Crippen LogP contribution in [0.4, 0.5) is 5.69 Å². The third-order valence-electron chi connectivity index (χ3n) is 6.59. The molecule has 0 saturated carbocycles. The minimum absolute atomic E-state index is 0.221. The van der Waals surface area contributed by atoms with Gasteiger partial charge in [-0.15, -0.1) is 0 Å². The van der Waals surface area contributed by atoms with Crippen molar-refractivity contribution in [2.24, 2.45) is 0 Å². The number of carboxylic acid groups (broad SMARTS) is 2. The molecule has 1 saturated heterocycles. The van der Waals surface area contributed by atoms with Crippen LogP contribution in [-0.4, -0.2) is 49.1 Å². The number of aliphatic carboxylic acids is 2. The highest BCUT2D eigenvalue weighted by Crippen LogP contribution is 2.45. The average Bonchev–Trinajstić information content (AvgIpc) is 3.07. The largest absolute Gasteiger partial charge is 0.545 e. The van der Waals surface area contributed by atoms with Crippen LogP contribution in [0.25, 0.3) is 0 Å². The van der Waals surface area contributed by atoms with Gasteiger partial charge in [-0.25, -0.2) is 4.79 Å². The highest BCUT2D eigenvalue weighted by molar-refractivity contribution is 6.10. The van der Waals surface area contributed by atoms with Crippen molar-refractivity contribution in [3.05, 3.63) is 77.9 Å². The molecule has 2 aromatic carbocycles. The number of nitrogens with zero attached hydrogens (tertiary/aromatic N) is 1. The molecule has 4 rings (SSSR count). The lowest BCUT2D eigenvalue weighted by Gasteiger charge is -2.26. The second kappa shape index (κ2) is 11.6. The van der Waals surface area contributed by atoms with Gasteiger partial charge in [-0.2, -0.15) is 0 Å². The van der Waals surface area contributed by atoms with Crippen molar-refractivity contribution < 1.29 is 29.5 Å². The Bertz CT molecular complexity index is 1010. The van der Waals surface area contributed by atoms with Crippen LogP contribution in [0.3, 0.4) is 0 Å². The number of piperidine rings is 1. The number of quaternary nitrogens is 1. The van der Waals surface area contributed by atoms with Crippen molar-refractivity contribution in [3.8, 4) is 0 Å². The molecular weight excluding hydrogens is 432 g/mol. The number of hydrogen-bond acceptors (Lipinski definition) is 4. The monoisotopic (exact) mass is 464 g/mol. The number of nitrogens with one attached hydrogen (secondary N) is 1. The Labute approximate surface area is 200 Å². The lowest BCUT2D eigenvalue weighted by molar-refractivity contribution is -0.904. The molecule has 1 atom stereocenters. The number of rotatable bonds is 7. The molecule has 1 amide bonds. The van der Waals surface area contributed by atoms with Crippen LogP contribution < -0.4 is 14.9 Å². The van der Waals surface area contributed by atoms with Crippen molar-refractivity contribution in [2.75, 3.05) is 31.1 Å². The Hall–Kier alpha value is -3.45. The van der Waals surface area contributed by atoms with Gasteiger partial charge >= 0.3 is 5.97 Å². The van der Waals surface area contributed by atoms with Gasteiger partial charge in [0, 0.05) is 24.7 Å². The van der Waals surface area contributed by atoms with Crippen LogP contribution in [0, 0.1) is 0 Å². The number of hydrogen-bond donors (Lipinski definition) is 2. The molecule has 2 heterocycles. The molecule has 2 N–H and O–H groups in total. The molecule has 0 spiro atoms.